The van der Waals surface area contributed by atoms with Crippen LogP contribution in [0.25, 0.3) is 10.9 Å². The van der Waals surface area contributed by atoms with Crippen LogP contribution in [-0.2, 0) is 10.8 Å². The zero-order chi connectivity index (χ0) is 13.6. The van der Waals surface area contributed by atoms with Crippen LogP contribution < -0.4 is 0 Å². The number of hydrogen-bond donors (Lipinski definition) is 0. The smallest absolute Gasteiger partial charge is 0.0708 e. The zero-order valence-electron chi connectivity index (χ0n) is 12.3. The van der Waals surface area contributed by atoms with E-state index >= 15 is 0 Å². The Morgan fingerprint density at radius 2 is 1.44 bits per heavy atom. The van der Waals surface area contributed by atoms with Gasteiger partial charge in [-0.25, -0.2) is 0 Å². The van der Waals surface area contributed by atoms with Gasteiger partial charge in [0.15, 0.2) is 0 Å². The van der Waals surface area contributed by atoms with Crippen LogP contribution in [0.1, 0.15) is 52.8 Å². The fraction of sp³-hybridized carbons (Fsp3) is 0.471. The number of rotatable bonds is 0. The summed E-state index contributed by atoms with van der Waals surface area (Å²) in [4.78, 5) is 4.82. The lowest BCUT2D eigenvalue weighted by atomic mass is 9.81. The fourth-order valence-electron chi connectivity index (χ4n) is 2.18. The summed E-state index contributed by atoms with van der Waals surface area (Å²) < 4.78 is 0. The molecular formula is C17H23N. The topological polar surface area (TPSA) is 12.9 Å². The number of nitrogens with zero attached hydrogens (tertiary/aromatic N) is 1. The van der Waals surface area contributed by atoms with Crippen LogP contribution >= 0.6 is 0 Å². The van der Waals surface area contributed by atoms with Gasteiger partial charge in [-0.2, -0.15) is 0 Å². The van der Waals surface area contributed by atoms with E-state index in [9.17, 15) is 0 Å². The van der Waals surface area contributed by atoms with Gasteiger partial charge >= 0.3 is 0 Å². The molecule has 1 nitrogen and oxygen atoms in total. The summed E-state index contributed by atoms with van der Waals surface area (Å²) in [5, 5.41) is 1.28. The number of benzene rings is 1. The summed E-state index contributed by atoms with van der Waals surface area (Å²) in [6, 6.07) is 10.7. The monoisotopic (exact) mass is 241 g/mol. The molecule has 1 heterocycles. The first kappa shape index (κ1) is 13.1. The predicted molar refractivity (Wildman–Crippen MR) is 79.1 cm³/mol. The normalized spacial score (nSPS) is 13.0. The van der Waals surface area contributed by atoms with Crippen LogP contribution in [-0.4, -0.2) is 4.98 Å². The van der Waals surface area contributed by atoms with Crippen molar-refractivity contribution in [2.45, 2.75) is 52.4 Å². The molecule has 0 amide bonds. The lowest BCUT2D eigenvalue weighted by Crippen LogP contribution is -2.18. The number of hydrogen-bond acceptors (Lipinski definition) is 1. The summed E-state index contributed by atoms with van der Waals surface area (Å²) >= 11 is 0. The Morgan fingerprint density at radius 3 is 2.00 bits per heavy atom. The van der Waals surface area contributed by atoms with Gasteiger partial charge < -0.3 is 0 Å². The van der Waals surface area contributed by atoms with Crippen molar-refractivity contribution in [2.75, 3.05) is 0 Å². The van der Waals surface area contributed by atoms with Crippen molar-refractivity contribution < 1.29 is 0 Å². The minimum Gasteiger partial charge on any atom is -0.252 e. The SMILES string of the molecule is CC(C)(C)c1cc(C(C)(C)C)c2ccccc2n1. The molecular weight excluding hydrogens is 218 g/mol. The van der Waals surface area contributed by atoms with Crippen LogP contribution in [0.15, 0.2) is 30.3 Å². The Bertz CT molecular complexity index is 568. The Labute approximate surface area is 110 Å². The van der Waals surface area contributed by atoms with Crippen molar-refractivity contribution in [1.29, 1.82) is 0 Å². The fourth-order valence-corrected chi connectivity index (χ4v) is 2.18. The summed E-state index contributed by atoms with van der Waals surface area (Å²) in [7, 11) is 0. The highest BCUT2D eigenvalue weighted by Crippen LogP contribution is 2.33. The zero-order valence-corrected chi connectivity index (χ0v) is 12.3. The van der Waals surface area contributed by atoms with Gasteiger partial charge in [-0.15, -0.1) is 0 Å². The number of aromatic nitrogens is 1. The van der Waals surface area contributed by atoms with E-state index in [2.05, 4.69) is 71.9 Å². The first-order valence-electron chi connectivity index (χ1n) is 6.60. The summed E-state index contributed by atoms with van der Waals surface area (Å²) in [5.74, 6) is 0. The largest absolute Gasteiger partial charge is 0.252 e. The van der Waals surface area contributed by atoms with Gasteiger partial charge in [0.25, 0.3) is 0 Å². The molecule has 0 aliphatic heterocycles. The summed E-state index contributed by atoms with van der Waals surface area (Å²) in [5.41, 5.74) is 3.89. The van der Waals surface area contributed by atoms with Gasteiger partial charge in [0, 0.05) is 16.5 Å². The molecule has 0 bridgehead atoms. The summed E-state index contributed by atoms with van der Waals surface area (Å²) in [6.45, 7) is 13.5. The Morgan fingerprint density at radius 1 is 0.833 bits per heavy atom. The molecule has 0 saturated heterocycles. The molecule has 1 heteroatoms. The highest BCUT2D eigenvalue weighted by molar-refractivity contribution is 5.83. The first-order chi connectivity index (χ1) is 8.19. The molecule has 1 aromatic carbocycles. The summed E-state index contributed by atoms with van der Waals surface area (Å²) in [6.07, 6.45) is 0. The van der Waals surface area contributed by atoms with E-state index in [0.717, 1.165) is 5.52 Å². The van der Waals surface area contributed by atoms with Crippen molar-refractivity contribution in [3.63, 3.8) is 0 Å². The van der Waals surface area contributed by atoms with Gasteiger partial charge in [-0.3, -0.25) is 4.98 Å². The van der Waals surface area contributed by atoms with E-state index in [0.29, 0.717) is 0 Å². The van der Waals surface area contributed by atoms with E-state index in [4.69, 9.17) is 4.98 Å². The van der Waals surface area contributed by atoms with E-state index in [1.807, 2.05) is 0 Å². The minimum atomic E-state index is 0.0873. The quantitative estimate of drug-likeness (QED) is 0.643. The molecule has 0 unspecified atom stereocenters. The third-order valence-corrected chi connectivity index (χ3v) is 3.29. The van der Waals surface area contributed by atoms with Crippen molar-refractivity contribution in [1.82, 2.24) is 4.98 Å². The molecule has 0 saturated carbocycles. The van der Waals surface area contributed by atoms with Crippen LogP contribution in [0.4, 0.5) is 0 Å². The molecule has 0 aliphatic rings. The molecule has 1 aromatic heterocycles. The van der Waals surface area contributed by atoms with Gasteiger partial charge in [0.2, 0.25) is 0 Å². The minimum absolute atomic E-state index is 0.0873. The molecule has 2 rings (SSSR count). The van der Waals surface area contributed by atoms with Gasteiger partial charge in [-0.05, 0) is 23.1 Å². The molecule has 96 valence electrons. The number of fused-ring (bicyclic) bond motifs is 1. The second-order valence-corrected chi connectivity index (χ2v) is 7.07. The van der Waals surface area contributed by atoms with Crippen molar-refractivity contribution in [2.24, 2.45) is 0 Å². The Hall–Kier alpha value is -1.37. The van der Waals surface area contributed by atoms with Crippen LogP contribution in [0.5, 0.6) is 0 Å². The molecule has 2 aromatic rings. The van der Waals surface area contributed by atoms with Crippen molar-refractivity contribution >= 4 is 10.9 Å². The Kier molecular flexibility index (Phi) is 2.96. The van der Waals surface area contributed by atoms with Crippen LogP contribution in [0, 0.1) is 0 Å². The van der Waals surface area contributed by atoms with E-state index in [1.165, 1.54) is 16.6 Å². The predicted octanol–water partition coefficient (Wildman–Crippen LogP) is 4.83. The number of para-hydroxylation sites is 1. The van der Waals surface area contributed by atoms with Gasteiger partial charge in [0.1, 0.15) is 0 Å². The number of pyridine rings is 1. The standard InChI is InChI=1S/C17H23N/c1-16(2,3)13-11-15(17(4,5)6)18-14-10-8-7-9-12(13)14/h7-11H,1-6H3. The van der Waals surface area contributed by atoms with Gasteiger partial charge in [-0.1, -0.05) is 59.7 Å². The maximum absolute atomic E-state index is 4.82. The third-order valence-electron chi connectivity index (χ3n) is 3.29. The average molecular weight is 241 g/mol. The molecule has 0 radical (unpaired) electrons. The Balaban J connectivity index is 2.81. The second kappa shape index (κ2) is 4.08. The highest BCUT2D eigenvalue weighted by atomic mass is 14.7. The molecule has 0 aliphatic carbocycles. The molecule has 18 heavy (non-hydrogen) atoms. The molecule has 0 atom stereocenters. The lowest BCUT2D eigenvalue weighted by molar-refractivity contribution is 0.558. The van der Waals surface area contributed by atoms with Crippen LogP contribution in [0.2, 0.25) is 0 Å². The van der Waals surface area contributed by atoms with Gasteiger partial charge in [0.05, 0.1) is 5.52 Å². The second-order valence-electron chi connectivity index (χ2n) is 7.07. The van der Waals surface area contributed by atoms with Crippen LogP contribution in [0.3, 0.4) is 0 Å². The first-order valence-corrected chi connectivity index (χ1v) is 6.60. The van der Waals surface area contributed by atoms with E-state index in [1.54, 1.807) is 0 Å². The maximum Gasteiger partial charge on any atom is 0.0708 e. The van der Waals surface area contributed by atoms with Crippen molar-refractivity contribution in [3.05, 3.63) is 41.6 Å². The highest BCUT2D eigenvalue weighted by Gasteiger charge is 2.22. The lowest BCUT2D eigenvalue weighted by Gasteiger charge is -2.25. The average Bonchev–Trinajstić information content (AvgIpc) is 2.25. The molecule has 0 N–H and O–H groups in total. The third kappa shape index (κ3) is 2.40. The molecule has 0 fully saturated rings. The van der Waals surface area contributed by atoms with E-state index in [-0.39, 0.29) is 10.8 Å². The van der Waals surface area contributed by atoms with E-state index < -0.39 is 0 Å². The maximum atomic E-state index is 4.82. The van der Waals surface area contributed by atoms with Crippen molar-refractivity contribution in [3.8, 4) is 0 Å². The molecule has 0 spiro atoms.